The van der Waals surface area contributed by atoms with Crippen molar-refractivity contribution in [2.45, 2.75) is 13.3 Å². The Labute approximate surface area is 87.3 Å². The van der Waals surface area contributed by atoms with E-state index in [-0.39, 0.29) is 0 Å². The summed E-state index contributed by atoms with van der Waals surface area (Å²) in [7, 11) is 0. The van der Waals surface area contributed by atoms with E-state index >= 15 is 0 Å². The van der Waals surface area contributed by atoms with E-state index in [0.29, 0.717) is 5.69 Å². The van der Waals surface area contributed by atoms with Crippen molar-refractivity contribution in [3.05, 3.63) is 39.9 Å². The minimum absolute atomic E-state index is 0.598. The number of anilines is 1. The number of benzene rings is 1. The van der Waals surface area contributed by atoms with Gasteiger partial charge in [0.1, 0.15) is 0 Å². The summed E-state index contributed by atoms with van der Waals surface area (Å²) >= 11 is 0. The minimum Gasteiger partial charge on any atom is -0.320 e. The van der Waals surface area contributed by atoms with E-state index in [1.165, 1.54) is 0 Å². The van der Waals surface area contributed by atoms with E-state index in [2.05, 4.69) is 5.32 Å². The van der Waals surface area contributed by atoms with E-state index in [1.807, 2.05) is 13.0 Å². The fourth-order valence-electron chi connectivity index (χ4n) is 1.19. The normalized spacial score (nSPS) is 9.67. The van der Waals surface area contributed by atoms with Crippen LogP contribution in [0.5, 0.6) is 0 Å². The quantitative estimate of drug-likeness (QED) is 0.601. The molecule has 0 fully saturated rings. The van der Waals surface area contributed by atoms with Crippen LogP contribution in [0.15, 0.2) is 24.3 Å². The molecule has 0 saturated heterocycles. The average Bonchev–Trinajstić information content (AvgIpc) is 2.16. The smallest absolute Gasteiger partial charge is 0.296 e. The van der Waals surface area contributed by atoms with Gasteiger partial charge in [-0.3, -0.25) is 14.9 Å². The fourth-order valence-corrected chi connectivity index (χ4v) is 1.19. The lowest BCUT2D eigenvalue weighted by Crippen LogP contribution is -2.21. The Morgan fingerprint density at radius 3 is 2.87 bits per heavy atom. The number of nitrogens with zero attached hydrogens (tertiary/aromatic N) is 1. The zero-order chi connectivity index (χ0) is 11.3. The average molecular weight is 208 g/mol. The topological polar surface area (TPSA) is 72.2 Å². The van der Waals surface area contributed by atoms with Crippen LogP contribution in [-0.4, -0.2) is 17.4 Å². The molecule has 0 aliphatic carbocycles. The van der Waals surface area contributed by atoms with Crippen LogP contribution in [0, 0.1) is 10.1 Å². The predicted molar refractivity (Wildman–Crippen MR) is 56.3 cm³/mol. The molecule has 1 rings (SSSR count). The number of nitro groups is 1. The van der Waals surface area contributed by atoms with Crippen molar-refractivity contribution in [2.75, 3.05) is 11.9 Å². The highest BCUT2D eigenvalue weighted by molar-refractivity contribution is 5.91. The van der Waals surface area contributed by atoms with Crippen molar-refractivity contribution in [3.8, 4) is 0 Å². The molecule has 1 aromatic carbocycles. The Balaban J connectivity index is 2.63. The number of hydrogen-bond donors (Lipinski definition) is 1. The largest absolute Gasteiger partial charge is 0.320 e. The van der Waals surface area contributed by atoms with Gasteiger partial charge >= 0.3 is 0 Å². The third-order valence-electron chi connectivity index (χ3n) is 1.89. The molecule has 1 aromatic rings. The molecule has 80 valence electrons. The van der Waals surface area contributed by atoms with Gasteiger partial charge in [0.15, 0.2) is 0 Å². The highest BCUT2D eigenvalue weighted by Crippen LogP contribution is 2.10. The molecule has 0 aromatic heterocycles. The van der Waals surface area contributed by atoms with Gasteiger partial charge in [-0.05, 0) is 24.1 Å². The van der Waals surface area contributed by atoms with Crippen LogP contribution in [0.1, 0.15) is 12.5 Å². The van der Waals surface area contributed by atoms with Gasteiger partial charge in [0, 0.05) is 10.6 Å². The molecule has 0 saturated carbocycles. The van der Waals surface area contributed by atoms with E-state index in [4.69, 9.17) is 0 Å². The van der Waals surface area contributed by atoms with Gasteiger partial charge in [-0.2, -0.15) is 0 Å². The first-order valence-corrected chi connectivity index (χ1v) is 4.62. The van der Waals surface area contributed by atoms with Gasteiger partial charge in [-0.15, -0.1) is 0 Å². The predicted octanol–water partition coefficient (Wildman–Crippen LogP) is 1.46. The van der Waals surface area contributed by atoms with Crippen molar-refractivity contribution in [2.24, 2.45) is 0 Å². The molecule has 0 aliphatic rings. The Morgan fingerprint density at radius 1 is 1.53 bits per heavy atom. The standard InChI is InChI=1S/C10H12N2O3/c1-2-8-4-3-5-9(6-8)11-10(13)7-12(14)15/h3-6H,2,7H2,1H3,(H,11,13). The summed E-state index contributed by atoms with van der Waals surface area (Å²) in [5.41, 5.74) is 1.68. The van der Waals surface area contributed by atoms with Gasteiger partial charge in [-0.25, -0.2) is 0 Å². The molecular weight excluding hydrogens is 196 g/mol. The van der Waals surface area contributed by atoms with Gasteiger partial charge in [0.2, 0.25) is 0 Å². The molecule has 0 bridgehead atoms. The monoisotopic (exact) mass is 208 g/mol. The molecule has 0 radical (unpaired) electrons. The zero-order valence-corrected chi connectivity index (χ0v) is 8.40. The van der Waals surface area contributed by atoms with Crippen LogP contribution < -0.4 is 5.32 Å². The molecule has 0 heterocycles. The van der Waals surface area contributed by atoms with Gasteiger partial charge in [0.25, 0.3) is 12.5 Å². The maximum Gasteiger partial charge on any atom is 0.296 e. The summed E-state index contributed by atoms with van der Waals surface area (Å²) in [4.78, 5) is 20.5. The minimum atomic E-state index is -0.698. The van der Waals surface area contributed by atoms with Crippen LogP contribution in [0.2, 0.25) is 0 Å². The molecule has 0 atom stereocenters. The molecule has 5 heteroatoms. The maximum absolute atomic E-state index is 11.1. The van der Waals surface area contributed by atoms with Crippen molar-refractivity contribution >= 4 is 11.6 Å². The van der Waals surface area contributed by atoms with Crippen LogP contribution in [-0.2, 0) is 11.2 Å². The first-order valence-electron chi connectivity index (χ1n) is 4.62. The van der Waals surface area contributed by atoms with E-state index in [9.17, 15) is 14.9 Å². The lowest BCUT2D eigenvalue weighted by Gasteiger charge is -2.03. The molecular formula is C10H12N2O3. The zero-order valence-electron chi connectivity index (χ0n) is 8.40. The van der Waals surface area contributed by atoms with Crippen LogP contribution in [0.3, 0.4) is 0 Å². The van der Waals surface area contributed by atoms with Crippen LogP contribution in [0.25, 0.3) is 0 Å². The van der Waals surface area contributed by atoms with Crippen LogP contribution in [0.4, 0.5) is 5.69 Å². The molecule has 5 nitrogen and oxygen atoms in total. The Kier molecular flexibility index (Phi) is 3.79. The lowest BCUT2D eigenvalue weighted by molar-refractivity contribution is -0.467. The SMILES string of the molecule is CCc1cccc(NC(=O)C[N+](=O)[O-])c1. The number of amides is 1. The summed E-state index contributed by atoms with van der Waals surface area (Å²) in [5.74, 6) is -0.603. The highest BCUT2D eigenvalue weighted by Gasteiger charge is 2.09. The highest BCUT2D eigenvalue weighted by atomic mass is 16.6. The van der Waals surface area contributed by atoms with E-state index < -0.39 is 17.4 Å². The summed E-state index contributed by atoms with van der Waals surface area (Å²) in [6.45, 7) is 1.30. The molecule has 0 aliphatic heterocycles. The fraction of sp³-hybridized carbons (Fsp3) is 0.300. The number of carbonyl (C=O) groups excluding carboxylic acids is 1. The van der Waals surface area contributed by atoms with Gasteiger partial charge < -0.3 is 5.32 Å². The Bertz CT molecular complexity index is 377. The van der Waals surface area contributed by atoms with Crippen molar-refractivity contribution in [3.63, 3.8) is 0 Å². The van der Waals surface area contributed by atoms with E-state index in [0.717, 1.165) is 12.0 Å². The van der Waals surface area contributed by atoms with E-state index in [1.54, 1.807) is 18.2 Å². The summed E-state index contributed by atoms with van der Waals surface area (Å²) < 4.78 is 0. The number of hydrogen-bond acceptors (Lipinski definition) is 3. The molecule has 1 N–H and O–H groups in total. The molecule has 1 amide bonds. The second-order valence-corrected chi connectivity index (χ2v) is 3.09. The van der Waals surface area contributed by atoms with Crippen molar-refractivity contribution in [1.82, 2.24) is 0 Å². The second kappa shape index (κ2) is 5.09. The first kappa shape index (κ1) is 11.2. The van der Waals surface area contributed by atoms with Gasteiger partial charge in [-0.1, -0.05) is 19.1 Å². The summed E-state index contributed by atoms with van der Waals surface area (Å²) in [6.07, 6.45) is 0.860. The molecule has 0 spiro atoms. The van der Waals surface area contributed by atoms with Crippen molar-refractivity contribution < 1.29 is 9.72 Å². The Hall–Kier alpha value is -1.91. The number of aryl methyl sites for hydroxylation is 1. The number of rotatable bonds is 4. The third-order valence-corrected chi connectivity index (χ3v) is 1.89. The number of nitrogens with one attached hydrogen (secondary N) is 1. The second-order valence-electron chi connectivity index (χ2n) is 3.09. The number of carbonyl (C=O) groups is 1. The Morgan fingerprint density at radius 2 is 2.27 bits per heavy atom. The van der Waals surface area contributed by atoms with Gasteiger partial charge in [0.05, 0.1) is 0 Å². The summed E-state index contributed by atoms with van der Waals surface area (Å²) in [6, 6.07) is 7.25. The first-order chi connectivity index (χ1) is 7.11. The maximum atomic E-state index is 11.1. The molecule has 0 unspecified atom stereocenters. The van der Waals surface area contributed by atoms with Crippen molar-refractivity contribution in [1.29, 1.82) is 0 Å². The molecule has 15 heavy (non-hydrogen) atoms. The third kappa shape index (κ3) is 3.76. The summed E-state index contributed by atoms with van der Waals surface area (Å²) in [5, 5.41) is 12.5. The van der Waals surface area contributed by atoms with Crippen LogP contribution >= 0.6 is 0 Å². The lowest BCUT2D eigenvalue weighted by atomic mass is 10.1.